The number of Topliss-reactive ketones (excluding diaryl/α,β-unsaturated/α-hetero) is 1. The van der Waals surface area contributed by atoms with Crippen molar-refractivity contribution in [1.29, 1.82) is 0 Å². The third-order valence-corrected chi connectivity index (χ3v) is 3.23. The zero-order chi connectivity index (χ0) is 11.4. The summed E-state index contributed by atoms with van der Waals surface area (Å²) in [6, 6.07) is 7.10. The van der Waals surface area contributed by atoms with Gasteiger partial charge in [0.25, 0.3) is 0 Å². The number of aliphatic hydroxyl groups excluding tert-OH is 1. The number of rotatable bonds is 3. The van der Waals surface area contributed by atoms with E-state index in [0.717, 1.165) is 4.90 Å². The molecule has 0 aliphatic rings. The molecule has 0 amide bonds. The summed E-state index contributed by atoms with van der Waals surface area (Å²) in [6.07, 6.45) is 0. The zero-order valence-electron chi connectivity index (χ0n) is 8.45. The molecular formula is C11H11ClO2S. The first kappa shape index (κ1) is 12.1. The molecule has 0 saturated carbocycles. The van der Waals surface area contributed by atoms with Gasteiger partial charge in [0, 0.05) is 9.92 Å². The topological polar surface area (TPSA) is 37.3 Å². The van der Waals surface area contributed by atoms with E-state index in [2.05, 4.69) is 0 Å². The predicted octanol–water partition coefficient (Wildman–Crippen LogP) is 3.81. The SMILES string of the molecule is CC(=O)/C(Sc1ccc(Cl)cc1)=C(\C)O. The van der Waals surface area contributed by atoms with Gasteiger partial charge in [-0.25, -0.2) is 0 Å². The van der Waals surface area contributed by atoms with E-state index in [1.165, 1.54) is 25.6 Å². The minimum absolute atomic E-state index is 0.0439. The molecule has 1 aromatic rings. The Morgan fingerprint density at radius 1 is 1.27 bits per heavy atom. The van der Waals surface area contributed by atoms with Crippen molar-refractivity contribution in [2.75, 3.05) is 0 Å². The fraction of sp³-hybridized carbons (Fsp3) is 0.182. The highest BCUT2D eigenvalue weighted by molar-refractivity contribution is 8.04. The Morgan fingerprint density at radius 3 is 2.20 bits per heavy atom. The Bertz CT molecular complexity index is 392. The Hall–Kier alpha value is -0.930. The molecule has 0 saturated heterocycles. The van der Waals surface area contributed by atoms with Gasteiger partial charge in [0.15, 0.2) is 5.78 Å². The Balaban J connectivity index is 2.90. The van der Waals surface area contributed by atoms with Crippen LogP contribution in [0.1, 0.15) is 13.8 Å². The van der Waals surface area contributed by atoms with Gasteiger partial charge in [0.1, 0.15) is 5.76 Å². The van der Waals surface area contributed by atoms with Gasteiger partial charge in [0.2, 0.25) is 0 Å². The molecule has 0 fully saturated rings. The fourth-order valence-electron chi connectivity index (χ4n) is 1.02. The number of carbonyl (C=O) groups excluding carboxylic acids is 1. The van der Waals surface area contributed by atoms with Crippen molar-refractivity contribution in [3.63, 3.8) is 0 Å². The number of ketones is 1. The van der Waals surface area contributed by atoms with Crippen molar-refractivity contribution in [2.24, 2.45) is 0 Å². The van der Waals surface area contributed by atoms with Crippen LogP contribution in [0, 0.1) is 0 Å². The minimum Gasteiger partial charge on any atom is -0.511 e. The third kappa shape index (κ3) is 3.61. The van der Waals surface area contributed by atoms with Gasteiger partial charge < -0.3 is 5.11 Å². The summed E-state index contributed by atoms with van der Waals surface area (Å²) in [5.41, 5.74) is 0. The molecule has 80 valence electrons. The Labute approximate surface area is 97.9 Å². The maximum atomic E-state index is 11.2. The zero-order valence-corrected chi connectivity index (χ0v) is 10.0. The molecule has 0 unspecified atom stereocenters. The van der Waals surface area contributed by atoms with E-state index in [4.69, 9.17) is 11.6 Å². The third-order valence-electron chi connectivity index (χ3n) is 1.68. The molecule has 0 aliphatic carbocycles. The molecule has 0 heterocycles. The molecule has 15 heavy (non-hydrogen) atoms. The first-order valence-corrected chi connectivity index (χ1v) is 5.54. The second kappa shape index (κ2) is 5.24. The summed E-state index contributed by atoms with van der Waals surface area (Å²) in [6.45, 7) is 2.93. The lowest BCUT2D eigenvalue weighted by atomic mass is 10.3. The highest BCUT2D eigenvalue weighted by Gasteiger charge is 2.09. The van der Waals surface area contributed by atoms with E-state index in [9.17, 15) is 9.90 Å². The summed E-state index contributed by atoms with van der Waals surface area (Å²) in [7, 11) is 0. The quantitative estimate of drug-likeness (QED) is 0.498. The average Bonchev–Trinajstić information content (AvgIpc) is 2.15. The number of hydrogen-bond donors (Lipinski definition) is 1. The molecule has 0 radical (unpaired) electrons. The molecule has 0 atom stereocenters. The van der Waals surface area contributed by atoms with Crippen molar-refractivity contribution in [3.05, 3.63) is 40.0 Å². The van der Waals surface area contributed by atoms with Crippen LogP contribution in [0.15, 0.2) is 39.8 Å². The lowest BCUT2D eigenvalue weighted by molar-refractivity contribution is -0.113. The van der Waals surface area contributed by atoms with Gasteiger partial charge in [-0.1, -0.05) is 23.4 Å². The lowest BCUT2D eigenvalue weighted by Gasteiger charge is -2.04. The van der Waals surface area contributed by atoms with Crippen LogP contribution in [0.3, 0.4) is 0 Å². The van der Waals surface area contributed by atoms with Gasteiger partial charge in [-0.05, 0) is 38.1 Å². The molecule has 4 heteroatoms. The molecule has 0 bridgehead atoms. The van der Waals surface area contributed by atoms with E-state index in [0.29, 0.717) is 9.93 Å². The highest BCUT2D eigenvalue weighted by atomic mass is 35.5. The number of aliphatic hydroxyl groups is 1. The van der Waals surface area contributed by atoms with Crippen molar-refractivity contribution >= 4 is 29.1 Å². The van der Waals surface area contributed by atoms with Crippen LogP contribution in [-0.4, -0.2) is 10.9 Å². The van der Waals surface area contributed by atoms with Crippen LogP contribution >= 0.6 is 23.4 Å². The van der Waals surface area contributed by atoms with Crippen LogP contribution in [0.4, 0.5) is 0 Å². The number of carbonyl (C=O) groups is 1. The van der Waals surface area contributed by atoms with E-state index in [1.807, 2.05) is 0 Å². The van der Waals surface area contributed by atoms with Crippen molar-refractivity contribution in [1.82, 2.24) is 0 Å². The second-order valence-electron chi connectivity index (χ2n) is 3.03. The first-order valence-electron chi connectivity index (χ1n) is 4.35. The van der Waals surface area contributed by atoms with E-state index in [1.54, 1.807) is 24.3 Å². The molecule has 1 rings (SSSR count). The maximum Gasteiger partial charge on any atom is 0.169 e. The minimum atomic E-state index is -0.144. The predicted molar refractivity (Wildman–Crippen MR) is 63.3 cm³/mol. The smallest absolute Gasteiger partial charge is 0.169 e. The summed E-state index contributed by atoms with van der Waals surface area (Å²) >= 11 is 6.97. The normalized spacial score (nSPS) is 12.2. The number of hydrogen-bond acceptors (Lipinski definition) is 3. The first-order chi connectivity index (χ1) is 7.00. The summed E-state index contributed by atoms with van der Waals surface area (Å²) in [4.78, 5) is 12.4. The molecule has 2 nitrogen and oxygen atoms in total. The van der Waals surface area contributed by atoms with Gasteiger partial charge in [-0.3, -0.25) is 4.79 Å². The van der Waals surface area contributed by atoms with Crippen LogP contribution in [0.2, 0.25) is 5.02 Å². The average molecular weight is 243 g/mol. The van der Waals surface area contributed by atoms with E-state index < -0.39 is 0 Å². The van der Waals surface area contributed by atoms with Crippen molar-refractivity contribution in [3.8, 4) is 0 Å². The monoisotopic (exact) mass is 242 g/mol. The summed E-state index contributed by atoms with van der Waals surface area (Å²) in [5.74, 6) is -0.0996. The van der Waals surface area contributed by atoms with E-state index >= 15 is 0 Å². The molecule has 0 aliphatic heterocycles. The highest BCUT2D eigenvalue weighted by Crippen LogP contribution is 2.29. The molecule has 1 N–H and O–H groups in total. The number of halogens is 1. The van der Waals surface area contributed by atoms with Crippen LogP contribution < -0.4 is 0 Å². The summed E-state index contributed by atoms with van der Waals surface area (Å²) in [5, 5.41) is 9.96. The summed E-state index contributed by atoms with van der Waals surface area (Å²) < 4.78 is 0. The van der Waals surface area contributed by atoms with Gasteiger partial charge in [-0.2, -0.15) is 0 Å². The van der Waals surface area contributed by atoms with Crippen LogP contribution in [-0.2, 0) is 4.79 Å². The van der Waals surface area contributed by atoms with E-state index in [-0.39, 0.29) is 11.5 Å². The number of benzene rings is 1. The second-order valence-corrected chi connectivity index (χ2v) is 4.55. The van der Waals surface area contributed by atoms with Crippen molar-refractivity contribution < 1.29 is 9.90 Å². The van der Waals surface area contributed by atoms with Crippen LogP contribution in [0.25, 0.3) is 0 Å². The van der Waals surface area contributed by atoms with Gasteiger partial charge in [0.05, 0.1) is 4.91 Å². The van der Waals surface area contributed by atoms with Gasteiger partial charge in [-0.15, -0.1) is 0 Å². The van der Waals surface area contributed by atoms with Gasteiger partial charge >= 0.3 is 0 Å². The Kier molecular flexibility index (Phi) is 4.24. The molecule has 1 aromatic carbocycles. The molecule has 0 aromatic heterocycles. The largest absolute Gasteiger partial charge is 0.511 e. The standard InChI is InChI=1S/C11H11ClO2S/c1-7(13)11(8(2)14)15-10-5-3-9(12)4-6-10/h3-6,13H,1-2H3/b11-7-. The molecular weight excluding hydrogens is 232 g/mol. The van der Waals surface area contributed by atoms with Crippen LogP contribution in [0.5, 0.6) is 0 Å². The maximum absolute atomic E-state index is 11.2. The molecule has 0 spiro atoms. The lowest BCUT2D eigenvalue weighted by Crippen LogP contribution is -1.95. The van der Waals surface area contributed by atoms with Crippen molar-refractivity contribution in [2.45, 2.75) is 18.7 Å². The number of thioether (sulfide) groups is 1. The number of allylic oxidation sites excluding steroid dienone is 2. The fourth-order valence-corrected chi connectivity index (χ4v) is 1.95. The Morgan fingerprint density at radius 2 is 1.80 bits per heavy atom.